The average molecular weight is 427 g/mol. The Morgan fingerprint density at radius 3 is 1.86 bits per heavy atom. The lowest BCUT2D eigenvalue weighted by Gasteiger charge is -2.40. The second-order valence-electron chi connectivity index (χ2n) is 7.25. The van der Waals surface area contributed by atoms with E-state index in [1.807, 2.05) is 19.1 Å². The van der Waals surface area contributed by atoms with Gasteiger partial charge in [-0.15, -0.1) is 0 Å². The van der Waals surface area contributed by atoms with Gasteiger partial charge in [0, 0.05) is 5.69 Å². The Labute approximate surface area is 173 Å². The van der Waals surface area contributed by atoms with Crippen molar-refractivity contribution in [2.24, 2.45) is 0 Å². The summed E-state index contributed by atoms with van der Waals surface area (Å²) in [5.41, 5.74) is 7.64. The molecule has 136 valence electrons. The van der Waals surface area contributed by atoms with E-state index in [9.17, 15) is 0 Å². The second kappa shape index (κ2) is 6.68. The molecule has 0 saturated carbocycles. The maximum atomic E-state index is 5.02. The maximum absolute atomic E-state index is 5.02. The van der Waals surface area contributed by atoms with Gasteiger partial charge in [-0.3, -0.25) is 4.98 Å². The van der Waals surface area contributed by atoms with E-state index < -0.39 is 5.41 Å². The van der Waals surface area contributed by atoms with Gasteiger partial charge in [-0.05, 0) is 75.8 Å². The largest absolute Gasteiger partial charge is 0.256 e. The smallest absolute Gasteiger partial charge is 0.106 e. The fraction of sp³-hybridized carbons (Fsp3) is 0.120. The van der Waals surface area contributed by atoms with Crippen LogP contribution in [0.2, 0.25) is 0 Å². The van der Waals surface area contributed by atoms with Gasteiger partial charge in [0.25, 0.3) is 0 Å². The minimum Gasteiger partial charge on any atom is -0.256 e. The molecular weight excluding hydrogens is 408 g/mol. The predicted octanol–water partition coefficient (Wildman–Crippen LogP) is 5.83. The summed E-state index contributed by atoms with van der Waals surface area (Å²) in [6.07, 6.45) is 0.925. The van der Waals surface area contributed by atoms with Crippen LogP contribution in [-0.2, 0) is 11.8 Å². The van der Waals surface area contributed by atoms with Gasteiger partial charge in [0.05, 0.1) is 11.4 Å². The van der Waals surface area contributed by atoms with Crippen molar-refractivity contribution in [3.8, 4) is 0 Å². The number of hydrogen-bond acceptors (Lipinski definition) is 2. The highest BCUT2D eigenvalue weighted by Crippen LogP contribution is 2.49. The molecular formula is C25H19BrN2. The molecule has 0 bridgehead atoms. The topological polar surface area (TPSA) is 25.8 Å². The van der Waals surface area contributed by atoms with Crippen molar-refractivity contribution >= 4 is 15.9 Å². The van der Waals surface area contributed by atoms with Crippen LogP contribution in [0.3, 0.4) is 0 Å². The van der Waals surface area contributed by atoms with Crippen molar-refractivity contribution in [2.45, 2.75) is 18.8 Å². The molecule has 0 N–H and O–H groups in total. The number of aromatic nitrogens is 2. The lowest BCUT2D eigenvalue weighted by Crippen LogP contribution is -2.37. The number of benzene rings is 2. The van der Waals surface area contributed by atoms with Gasteiger partial charge in [-0.25, -0.2) is 4.98 Å². The van der Waals surface area contributed by atoms with E-state index in [4.69, 9.17) is 9.97 Å². The summed E-state index contributed by atoms with van der Waals surface area (Å²) >= 11 is 3.59. The first-order valence-electron chi connectivity index (χ1n) is 9.43. The van der Waals surface area contributed by atoms with Crippen molar-refractivity contribution in [3.05, 3.63) is 129 Å². The Kier molecular flexibility index (Phi) is 4.13. The van der Waals surface area contributed by atoms with E-state index in [1.165, 1.54) is 22.3 Å². The minimum absolute atomic E-state index is 0.540. The van der Waals surface area contributed by atoms with Gasteiger partial charge in [-0.1, -0.05) is 60.7 Å². The first-order valence-corrected chi connectivity index (χ1v) is 10.2. The van der Waals surface area contributed by atoms with E-state index in [-0.39, 0.29) is 0 Å². The van der Waals surface area contributed by atoms with E-state index in [1.54, 1.807) is 0 Å². The van der Waals surface area contributed by atoms with E-state index in [0.29, 0.717) is 0 Å². The predicted molar refractivity (Wildman–Crippen MR) is 116 cm³/mol. The summed E-state index contributed by atoms with van der Waals surface area (Å²) < 4.78 is 0.831. The Morgan fingerprint density at radius 1 is 0.679 bits per heavy atom. The zero-order valence-corrected chi connectivity index (χ0v) is 17.1. The molecule has 0 spiro atoms. The normalized spacial score (nSPS) is 14.2. The molecule has 1 aliphatic rings. The summed E-state index contributed by atoms with van der Waals surface area (Å²) in [5, 5.41) is 0. The van der Waals surface area contributed by atoms with Crippen molar-refractivity contribution in [2.75, 3.05) is 0 Å². The number of halogens is 1. The molecule has 5 rings (SSSR count). The number of hydrogen-bond donors (Lipinski definition) is 0. The average Bonchev–Trinajstić information content (AvgIpc) is 2.72. The van der Waals surface area contributed by atoms with Crippen molar-refractivity contribution < 1.29 is 0 Å². The molecule has 2 nitrogen and oxygen atoms in total. The van der Waals surface area contributed by atoms with Crippen molar-refractivity contribution in [3.63, 3.8) is 0 Å². The highest BCUT2D eigenvalue weighted by atomic mass is 79.9. The zero-order valence-electron chi connectivity index (χ0n) is 15.6. The van der Waals surface area contributed by atoms with Crippen LogP contribution in [0.25, 0.3) is 0 Å². The summed E-state index contributed by atoms with van der Waals surface area (Å²) in [6, 6.07) is 29.8. The molecule has 0 amide bonds. The summed E-state index contributed by atoms with van der Waals surface area (Å²) in [6.45, 7) is 2.05. The SMILES string of the molecule is Cc1cccc(C2(c3cccc(Br)n3)c3ccccc3Cc3ccccc32)n1. The van der Waals surface area contributed by atoms with E-state index >= 15 is 0 Å². The Hall–Kier alpha value is -2.78. The maximum Gasteiger partial charge on any atom is 0.106 e. The first kappa shape index (κ1) is 17.3. The van der Waals surface area contributed by atoms with Crippen molar-refractivity contribution in [1.82, 2.24) is 9.97 Å². The summed E-state index contributed by atoms with van der Waals surface area (Å²) in [7, 11) is 0. The molecule has 0 radical (unpaired) electrons. The van der Waals surface area contributed by atoms with Crippen LogP contribution in [0.5, 0.6) is 0 Å². The molecule has 2 aromatic carbocycles. The Balaban J connectivity index is 1.98. The molecule has 28 heavy (non-hydrogen) atoms. The number of nitrogens with zero attached hydrogens (tertiary/aromatic N) is 2. The van der Waals surface area contributed by atoms with Crippen LogP contribution >= 0.6 is 15.9 Å². The van der Waals surface area contributed by atoms with Crippen LogP contribution < -0.4 is 0 Å². The highest BCUT2D eigenvalue weighted by Gasteiger charge is 2.46. The van der Waals surface area contributed by atoms with Crippen LogP contribution in [-0.4, -0.2) is 9.97 Å². The van der Waals surface area contributed by atoms with Crippen LogP contribution in [0.15, 0.2) is 89.5 Å². The molecule has 1 aliphatic carbocycles. The third-order valence-electron chi connectivity index (χ3n) is 5.60. The molecule has 0 atom stereocenters. The van der Waals surface area contributed by atoms with Gasteiger partial charge in [-0.2, -0.15) is 0 Å². The molecule has 0 unspecified atom stereocenters. The minimum atomic E-state index is -0.540. The third-order valence-corrected chi connectivity index (χ3v) is 6.04. The van der Waals surface area contributed by atoms with Crippen molar-refractivity contribution in [1.29, 1.82) is 0 Å². The fourth-order valence-corrected chi connectivity index (χ4v) is 4.83. The van der Waals surface area contributed by atoms with Gasteiger partial charge in [0.15, 0.2) is 0 Å². The van der Waals surface area contributed by atoms with Gasteiger partial charge >= 0.3 is 0 Å². The molecule has 4 aromatic rings. The summed E-state index contributed by atoms with van der Waals surface area (Å²) in [4.78, 5) is 9.97. The number of rotatable bonds is 2. The molecule has 0 saturated heterocycles. The van der Waals surface area contributed by atoms with Gasteiger partial charge < -0.3 is 0 Å². The monoisotopic (exact) mass is 426 g/mol. The quantitative estimate of drug-likeness (QED) is 0.331. The van der Waals surface area contributed by atoms with Crippen LogP contribution in [0, 0.1) is 6.92 Å². The van der Waals surface area contributed by atoms with Crippen LogP contribution in [0.4, 0.5) is 0 Å². The second-order valence-corrected chi connectivity index (χ2v) is 8.06. The Bertz CT molecular complexity index is 1090. The first-order chi connectivity index (χ1) is 13.7. The fourth-order valence-electron chi connectivity index (χ4n) is 4.48. The molecule has 3 heteroatoms. The summed E-state index contributed by atoms with van der Waals surface area (Å²) in [5.74, 6) is 0. The van der Waals surface area contributed by atoms with Crippen LogP contribution in [0.1, 0.15) is 39.3 Å². The zero-order chi connectivity index (χ0) is 19.1. The third kappa shape index (κ3) is 2.54. The Morgan fingerprint density at radius 2 is 1.25 bits per heavy atom. The van der Waals surface area contributed by atoms with E-state index in [0.717, 1.165) is 28.1 Å². The number of fused-ring (bicyclic) bond motifs is 2. The van der Waals surface area contributed by atoms with Gasteiger partial charge in [0.2, 0.25) is 0 Å². The molecule has 0 aliphatic heterocycles. The number of aryl methyl sites for hydroxylation is 1. The molecule has 2 aromatic heterocycles. The highest BCUT2D eigenvalue weighted by molar-refractivity contribution is 9.10. The lowest BCUT2D eigenvalue weighted by atomic mass is 9.62. The standard InChI is InChI=1S/C25H19BrN2/c1-17-8-6-13-22(27-17)25(23-14-7-15-24(26)28-23)20-11-4-2-9-18(20)16-19-10-3-5-12-21(19)25/h2-15H,16H2,1H3. The molecule has 2 heterocycles. The molecule has 0 fully saturated rings. The van der Waals surface area contributed by atoms with E-state index in [2.05, 4.69) is 88.7 Å². The lowest BCUT2D eigenvalue weighted by molar-refractivity contribution is 0.652. The van der Waals surface area contributed by atoms with Gasteiger partial charge in [0.1, 0.15) is 10.0 Å². The number of pyridine rings is 2.